The van der Waals surface area contributed by atoms with Crippen molar-refractivity contribution < 1.29 is 17.6 Å². The molecule has 0 spiro atoms. The molecule has 32 heavy (non-hydrogen) atoms. The summed E-state index contributed by atoms with van der Waals surface area (Å²) in [6.07, 6.45) is 4.88. The molecule has 0 fully saturated rings. The quantitative estimate of drug-likeness (QED) is 0.188. The van der Waals surface area contributed by atoms with Crippen LogP contribution in [0.1, 0.15) is 47.1 Å². The number of alkyl halides is 3. The molecule has 0 saturated heterocycles. The smallest absolute Gasteiger partial charge is 0.207 e. The van der Waals surface area contributed by atoms with E-state index >= 15 is 0 Å². The molecule has 3 aromatic rings. The normalized spacial score (nSPS) is 13.2. The van der Waals surface area contributed by atoms with Gasteiger partial charge in [0.2, 0.25) is 0 Å². The summed E-state index contributed by atoms with van der Waals surface area (Å²) < 4.78 is 55.4. The predicted molar refractivity (Wildman–Crippen MR) is 124 cm³/mol. The lowest BCUT2D eigenvalue weighted by Crippen LogP contribution is -2.23. The van der Waals surface area contributed by atoms with Crippen LogP contribution in [0.5, 0.6) is 0 Å². The van der Waals surface area contributed by atoms with Crippen LogP contribution in [-0.4, -0.2) is 6.18 Å². The molecule has 0 nitrogen and oxygen atoms in total. The van der Waals surface area contributed by atoms with E-state index in [-0.39, 0.29) is 11.1 Å². The van der Waals surface area contributed by atoms with Crippen molar-refractivity contribution >= 4 is 12.2 Å². The predicted octanol–water partition coefficient (Wildman–Crippen LogP) is 8.39. The third kappa shape index (κ3) is 6.68. The zero-order chi connectivity index (χ0) is 23.0. The average Bonchev–Trinajstić information content (AvgIpc) is 2.78. The lowest BCUT2D eigenvalue weighted by molar-refractivity contribution is -0.150. The summed E-state index contributed by atoms with van der Waals surface area (Å²) in [6, 6.07) is 20.2. The van der Waals surface area contributed by atoms with Gasteiger partial charge >= 0.3 is 6.18 Å². The Hall–Kier alpha value is -3.14. The molecule has 0 saturated carbocycles. The van der Waals surface area contributed by atoms with Crippen molar-refractivity contribution in [2.45, 2.75) is 38.3 Å². The van der Waals surface area contributed by atoms with Crippen LogP contribution in [-0.2, 0) is 12.8 Å². The zero-order valence-corrected chi connectivity index (χ0v) is 17.9. The van der Waals surface area contributed by atoms with E-state index in [1.807, 2.05) is 31.2 Å². The van der Waals surface area contributed by atoms with Gasteiger partial charge in [-0.15, -0.1) is 0 Å². The Bertz CT molecular complexity index is 1050. The van der Waals surface area contributed by atoms with Crippen LogP contribution in [0.2, 0.25) is 0 Å². The van der Waals surface area contributed by atoms with Crippen molar-refractivity contribution in [3.05, 3.63) is 119 Å². The first-order valence-corrected chi connectivity index (χ1v) is 10.6. The minimum Gasteiger partial charge on any atom is -0.207 e. The number of aryl methyl sites for hydroxylation is 1. The lowest BCUT2D eigenvalue weighted by atomic mass is 9.91. The molecular weight excluding hydrogens is 412 g/mol. The first-order chi connectivity index (χ1) is 15.4. The third-order valence-electron chi connectivity index (χ3n) is 5.38. The molecule has 0 aromatic heterocycles. The SMILES string of the molecule is C/C=C/CCc1ccc(/C=C/c2ccc(CC(c3ccccc3)C(F)(F)F)c(F)c2)cc1. The van der Waals surface area contributed by atoms with E-state index < -0.39 is 24.3 Å². The number of benzene rings is 3. The van der Waals surface area contributed by atoms with Crippen LogP contribution in [0.4, 0.5) is 17.6 Å². The maximum Gasteiger partial charge on any atom is 0.396 e. The van der Waals surface area contributed by atoms with Crippen LogP contribution in [0.25, 0.3) is 12.2 Å². The van der Waals surface area contributed by atoms with Crippen molar-refractivity contribution in [3.63, 3.8) is 0 Å². The molecule has 0 heterocycles. The topological polar surface area (TPSA) is 0 Å². The molecule has 0 bridgehead atoms. The van der Waals surface area contributed by atoms with Gasteiger partial charge in [-0.1, -0.05) is 91.0 Å². The summed E-state index contributed by atoms with van der Waals surface area (Å²) in [5.74, 6) is -2.37. The third-order valence-corrected chi connectivity index (χ3v) is 5.38. The molecule has 4 heteroatoms. The summed E-state index contributed by atoms with van der Waals surface area (Å²) >= 11 is 0. The van der Waals surface area contributed by atoms with Crippen molar-refractivity contribution in [2.75, 3.05) is 0 Å². The highest BCUT2D eigenvalue weighted by molar-refractivity contribution is 5.69. The van der Waals surface area contributed by atoms with Crippen molar-refractivity contribution in [1.82, 2.24) is 0 Å². The van der Waals surface area contributed by atoms with E-state index in [1.165, 1.54) is 29.8 Å². The van der Waals surface area contributed by atoms with Gasteiger partial charge in [-0.25, -0.2) is 4.39 Å². The van der Waals surface area contributed by atoms with Gasteiger partial charge in [0.1, 0.15) is 5.82 Å². The van der Waals surface area contributed by atoms with Gasteiger partial charge in [0, 0.05) is 0 Å². The molecule has 0 aliphatic rings. The molecule has 3 rings (SSSR count). The average molecular weight is 439 g/mol. The standard InChI is InChI=1S/C28H26F4/c1-2-3-5-8-21-11-13-22(14-12-21)15-16-23-17-18-25(27(29)19-23)20-26(28(30,31)32)24-9-6-4-7-10-24/h2-4,6-7,9-19,26H,5,8,20H2,1H3/b3-2+,16-15+. The molecule has 1 unspecified atom stereocenters. The minimum atomic E-state index is -4.45. The fourth-order valence-electron chi connectivity index (χ4n) is 3.57. The highest BCUT2D eigenvalue weighted by Crippen LogP contribution is 2.37. The van der Waals surface area contributed by atoms with E-state index in [0.29, 0.717) is 5.56 Å². The van der Waals surface area contributed by atoms with Gasteiger partial charge in [0.05, 0.1) is 5.92 Å². The van der Waals surface area contributed by atoms with Gasteiger partial charge in [-0.3, -0.25) is 0 Å². The summed E-state index contributed by atoms with van der Waals surface area (Å²) in [7, 11) is 0. The largest absolute Gasteiger partial charge is 0.396 e. The first-order valence-electron chi connectivity index (χ1n) is 10.6. The first kappa shape index (κ1) is 23.5. The molecule has 0 amide bonds. The molecule has 0 radical (unpaired) electrons. The Balaban J connectivity index is 1.70. The number of allylic oxidation sites excluding steroid dienone is 2. The maximum absolute atomic E-state index is 14.6. The molecular formula is C28H26F4. The number of halogens is 4. The molecule has 3 aromatic carbocycles. The van der Waals surface area contributed by atoms with Crippen LogP contribution in [0.15, 0.2) is 84.9 Å². The van der Waals surface area contributed by atoms with E-state index in [2.05, 4.69) is 18.2 Å². The second kappa shape index (κ2) is 10.9. The molecule has 1 atom stereocenters. The van der Waals surface area contributed by atoms with E-state index in [0.717, 1.165) is 18.4 Å². The number of hydrogen-bond donors (Lipinski definition) is 0. The summed E-state index contributed by atoms with van der Waals surface area (Å²) in [4.78, 5) is 0. The van der Waals surface area contributed by atoms with Gasteiger partial charge in [-0.05, 0) is 60.1 Å². The summed E-state index contributed by atoms with van der Waals surface area (Å²) in [5, 5.41) is 0. The van der Waals surface area contributed by atoms with Crippen LogP contribution < -0.4 is 0 Å². The van der Waals surface area contributed by atoms with Crippen molar-refractivity contribution in [3.8, 4) is 0 Å². The highest BCUT2D eigenvalue weighted by Gasteiger charge is 2.40. The molecule has 0 N–H and O–H groups in total. The van der Waals surface area contributed by atoms with E-state index in [9.17, 15) is 17.6 Å². The van der Waals surface area contributed by atoms with Gasteiger partial charge in [0.15, 0.2) is 0 Å². The second-order valence-corrected chi connectivity index (χ2v) is 7.74. The van der Waals surface area contributed by atoms with E-state index in [1.54, 1.807) is 30.3 Å². The van der Waals surface area contributed by atoms with Gasteiger partial charge in [-0.2, -0.15) is 13.2 Å². The fraction of sp³-hybridized carbons (Fsp3) is 0.214. The van der Waals surface area contributed by atoms with Gasteiger partial charge < -0.3 is 0 Å². The highest BCUT2D eigenvalue weighted by atomic mass is 19.4. The molecule has 0 aliphatic heterocycles. The Labute approximate surface area is 186 Å². The van der Waals surface area contributed by atoms with Crippen LogP contribution in [0.3, 0.4) is 0 Å². The Kier molecular flexibility index (Phi) is 8.04. The summed E-state index contributed by atoms with van der Waals surface area (Å²) in [5.41, 5.74) is 3.02. The summed E-state index contributed by atoms with van der Waals surface area (Å²) in [6.45, 7) is 2.00. The number of hydrogen-bond acceptors (Lipinski definition) is 0. The maximum atomic E-state index is 14.6. The Morgan fingerprint density at radius 3 is 2.12 bits per heavy atom. The molecule has 166 valence electrons. The Morgan fingerprint density at radius 2 is 1.50 bits per heavy atom. The van der Waals surface area contributed by atoms with Crippen LogP contribution >= 0.6 is 0 Å². The Morgan fingerprint density at radius 1 is 0.844 bits per heavy atom. The van der Waals surface area contributed by atoms with Gasteiger partial charge in [0.25, 0.3) is 0 Å². The second-order valence-electron chi connectivity index (χ2n) is 7.74. The molecule has 0 aliphatic carbocycles. The monoisotopic (exact) mass is 438 g/mol. The minimum absolute atomic E-state index is 0.0545. The van der Waals surface area contributed by atoms with E-state index in [4.69, 9.17) is 0 Å². The van der Waals surface area contributed by atoms with Crippen molar-refractivity contribution in [2.24, 2.45) is 0 Å². The zero-order valence-electron chi connectivity index (χ0n) is 17.9. The van der Waals surface area contributed by atoms with Crippen LogP contribution in [0, 0.1) is 5.82 Å². The number of rotatable bonds is 8. The van der Waals surface area contributed by atoms with Crippen molar-refractivity contribution in [1.29, 1.82) is 0 Å². The lowest BCUT2D eigenvalue weighted by Gasteiger charge is -2.21. The fourth-order valence-corrected chi connectivity index (χ4v) is 3.57.